The molecule has 0 atom stereocenters. The number of ether oxygens (including phenoxy) is 1. The highest BCUT2D eigenvalue weighted by molar-refractivity contribution is 14.0. The highest BCUT2D eigenvalue weighted by Crippen LogP contribution is 2.15. The van der Waals surface area contributed by atoms with Gasteiger partial charge in [-0.15, -0.1) is 24.0 Å². The van der Waals surface area contributed by atoms with Crippen LogP contribution in [0.1, 0.15) is 32.3 Å². The monoisotopic (exact) mass is 460 g/mol. The van der Waals surface area contributed by atoms with Crippen LogP contribution >= 0.6 is 24.0 Å². The van der Waals surface area contributed by atoms with Crippen LogP contribution in [0.15, 0.2) is 29.3 Å². The molecule has 25 heavy (non-hydrogen) atoms. The minimum atomic E-state index is 0. The topological polar surface area (TPSA) is 40.1 Å². The van der Waals surface area contributed by atoms with Crippen LogP contribution in [-0.2, 0) is 11.3 Å². The van der Waals surface area contributed by atoms with Crippen molar-refractivity contribution in [3.05, 3.63) is 29.8 Å². The third-order valence-electron chi connectivity index (χ3n) is 4.34. The molecule has 1 saturated heterocycles. The molecular formula is C19H33IN4O. The number of piperidine rings is 1. The van der Waals surface area contributed by atoms with Gasteiger partial charge in [0, 0.05) is 46.0 Å². The Balaban J connectivity index is 0.00000312. The zero-order chi connectivity index (χ0) is 17.4. The van der Waals surface area contributed by atoms with Crippen molar-refractivity contribution in [3.63, 3.8) is 0 Å². The van der Waals surface area contributed by atoms with E-state index in [4.69, 9.17) is 9.73 Å². The van der Waals surface area contributed by atoms with Crippen molar-refractivity contribution in [1.82, 2.24) is 10.2 Å². The fourth-order valence-electron chi connectivity index (χ4n) is 2.96. The summed E-state index contributed by atoms with van der Waals surface area (Å²) in [7, 11) is 4.12. The Bertz CT molecular complexity index is 511. The molecule has 1 N–H and O–H groups in total. The molecule has 0 saturated carbocycles. The van der Waals surface area contributed by atoms with Gasteiger partial charge in [-0.2, -0.15) is 0 Å². The normalized spacial score (nSPS) is 15.7. The van der Waals surface area contributed by atoms with Gasteiger partial charge in [0.2, 0.25) is 0 Å². The predicted molar refractivity (Wildman–Crippen MR) is 117 cm³/mol. The Morgan fingerprint density at radius 3 is 2.36 bits per heavy atom. The lowest BCUT2D eigenvalue weighted by Gasteiger charge is -2.34. The molecule has 0 spiro atoms. The van der Waals surface area contributed by atoms with Gasteiger partial charge >= 0.3 is 0 Å². The average Bonchev–Trinajstić information content (AvgIpc) is 2.60. The number of nitrogens with zero attached hydrogens (tertiary/aromatic N) is 3. The summed E-state index contributed by atoms with van der Waals surface area (Å²) in [6.07, 6.45) is 2.57. The van der Waals surface area contributed by atoms with Crippen LogP contribution in [-0.4, -0.2) is 57.3 Å². The van der Waals surface area contributed by atoms with Gasteiger partial charge in [0.05, 0.1) is 12.6 Å². The van der Waals surface area contributed by atoms with E-state index in [1.54, 1.807) is 0 Å². The van der Waals surface area contributed by atoms with Crippen LogP contribution in [0.4, 0.5) is 5.69 Å². The summed E-state index contributed by atoms with van der Waals surface area (Å²) in [5.41, 5.74) is 2.45. The zero-order valence-corrected chi connectivity index (χ0v) is 18.3. The molecule has 1 aromatic rings. The van der Waals surface area contributed by atoms with E-state index in [9.17, 15) is 0 Å². The maximum atomic E-state index is 5.74. The van der Waals surface area contributed by atoms with Crippen LogP contribution < -0.4 is 10.2 Å². The molecule has 1 aliphatic rings. The van der Waals surface area contributed by atoms with Gasteiger partial charge in [-0.25, -0.2) is 4.99 Å². The molecule has 1 fully saturated rings. The summed E-state index contributed by atoms with van der Waals surface area (Å²) in [4.78, 5) is 9.30. The van der Waals surface area contributed by atoms with Crippen molar-refractivity contribution in [2.45, 2.75) is 39.3 Å². The van der Waals surface area contributed by atoms with Gasteiger partial charge in [-0.3, -0.25) is 0 Å². The number of likely N-dealkylation sites (tertiary alicyclic amines) is 1. The van der Waals surface area contributed by atoms with Crippen LogP contribution in [0.2, 0.25) is 0 Å². The average molecular weight is 460 g/mol. The first kappa shape index (κ1) is 22.0. The highest BCUT2D eigenvalue weighted by Gasteiger charge is 2.21. The molecule has 0 aliphatic carbocycles. The van der Waals surface area contributed by atoms with E-state index < -0.39 is 0 Å². The van der Waals surface area contributed by atoms with E-state index in [-0.39, 0.29) is 24.0 Å². The second kappa shape index (κ2) is 11.6. The molecule has 142 valence electrons. The first-order chi connectivity index (χ1) is 11.6. The van der Waals surface area contributed by atoms with Crippen molar-refractivity contribution in [1.29, 1.82) is 0 Å². The number of anilines is 1. The SMILES string of the molecule is CCNC(=NCc1ccc(N(C)C)cc1)N1CCC(OCC)CC1.I. The lowest BCUT2D eigenvalue weighted by atomic mass is 10.1. The third kappa shape index (κ3) is 7.01. The second-order valence-electron chi connectivity index (χ2n) is 6.37. The zero-order valence-electron chi connectivity index (χ0n) is 16.0. The van der Waals surface area contributed by atoms with E-state index in [0.29, 0.717) is 12.6 Å². The quantitative estimate of drug-likeness (QED) is 0.402. The Morgan fingerprint density at radius 2 is 1.84 bits per heavy atom. The van der Waals surface area contributed by atoms with Gasteiger partial charge in [-0.1, -0.05) is 12.1 Å². The van der Waals surface area contributed by atoms with Crippen LogP contribution in [0, 0.1) is 0 Å². The largest absolute Gasteiger partial charge is 0.378 e. The van der Waals surface area contributed by atoms with E-state index in [1.165, 1.54) is 11.3 Å². The van der Waals surface area contributed by atoms with E-state index in [0.717, 1.165) is 45.0 Å². The maximum absolute atomic E-state index is 5.74. The first-order valence-electron chi connectivity index (χ1n) is 9.05. The lowest BCUT2D eigenvalue weighted by molar-refractivity contribution is 0.0263. The van der Waals surface area contributed by atoms with Crippen LogP contribution in [0.3, 0.4) is 0 Å². The van der Waals surface area contributed by atoms with Gasteiger partial charge in [0.25, 0.3) is 0 Å². The fraction of sp³-hybridized carbons (Fsp3) is 0.632. The molecular weight excluding hydrogens is 427 g/mol. The molecule has 6 heteroatoms. The summed E-state index contributed by atoms with van der Waals surface area (Å²) >= 11 is 0. The Morgan fingerprint density at radius 1 is 1.20 bits per heavy atom. The van der Waals surface area contributed by atoms with Crippen molar-refractivity contribution in [3.8, 4) is 0 Å². The van der Waals surface area contributed by atoms with Gasteiger partial charge in [0.15, 0.2) is 5.96 Å². The molecule has 2 rings (SSSR count). The number of benzene rings is 1. The first-order valence-corrected chi connectivity index (χ1v) is 9.05. The Labute approximate surface area is 169 Å². The van der Waals surface area contributed by atoms with Gasteiger partial charge in [-0.05, 0) is 44.4 Å². The number of halogens is 1. The van der Waals surface area contributed by atoms with Crippen LogP contribution in [0.25, 0.3) is 0 Å². The summed E-state index contributed by atoms with van der Waals surface area (Å²) in [6, 6.07) is 8.60. The van der Waals surface area contributed by atoms with E-state index in [2.05, 4.69) is 67.3 Å². The molecule has 0 aromatic heterocycles. The minimum Gasteiger partial charge on any atom is -0.378 e. The highest BCUT2D eigenvalue weighted by atomic mass is 127. The van der Waals surface area contributed by atoms with Crippen LogP contribution in [0.5, 0.6) is 0 Å². The standard InChI is InChI=1S/C19H32N4O.HI/c1-5-20-19(23-13-11-18(12-14-23)24-6-2)21-15-16-7-9-17(10-8-16)22(3)4;/h7-10,18H,5-6,11-15H2,1-4H3,(H,20,21);1H. The summed E-state index contributed by atoms with van der Waals surface area (Å²) in [5, 5.41) is 3.43. The molecule has 0 unspecified atom stereocenters. The molecule has 0 bridgehead atoms. The molecule has 1 aliphatic heterocycles. The molecule has 0 amide bonds. The summed E-state index contributed by atoms with van der Waals surface area (Å²) in [6.45, 7) is 8.62. The number of rotatable bonds is 6. The van der Waals surface area contributed by atoms with Crippen molar-refractivity contribution in [2.24, 2.45) is 4.99 Å². The molecule has 0 radical (unpaired) electrons. The van der Waals surface area contributed by atoms with E-state index >= 15 is 0 Å². The van der Waals surface area contributed by atoms with Gasteiger partial charge in [0.1, 0.15) is 0 Å². The van der Waals surface area contributed by atoms with Crippen molar-refractivity contribution >= 4 is 35.6 Å². The number of guanidine groups is 1. The Hall–Kier alpha value is -1.02. The van der Waals surface area contributed by atoms with Crippen molar-refractivity contribution < 1.29 is 4.74 Å². The molecule has 1 heterocycles. The molecule has 5 nitrogen and oxygen atoms in total. The summed E-state index contributed by atoms with van der Waals surface area (Å²) in [5.74, 6) is 1.02. The number of aliphatic imine (C=N–C) groups is 1. The van der Waals surface area contributed by atoms with Gasteiger partial charge < -0.3 is 19.9 Å². The maximum Gasteiger partial charge on any atom is 0.194 e. The fourth-order valence-corrected chi connectivity index (χ4v) is 2.96. The predicted octanol–water partition coefficient (Wildman–Crippen LogP) is 3.34. The minimum absolute atomic E-state index is 0. The lowest BCUT2D eigenvalue weighted by Crippen LogP contribution is -2.47. The van der Waals surface area contributed by atoms with Crippen molar-refractivity contribution in [2.75, 3.05) is 45.2 Å². The molecule has 1 aromatic carbocycles. The number of nitrogens with one attached hydrogen (secondary N) is 1. The summed E-state index contributed by atoms with van der Waals surface area (Å²) < 4.78 is 5.74. The smallest absolute Gasteiger partial charge is 0.194 e. The number of hydrogen-bond donors (Lipinski definition) is 1. The Kier molecular flexibility index (Phi) is 10.2. The number of hydrogen-bond acceptors (Lipinski definition) is 3. The van der Waals surface area contributed by atoms with E-state index in [1.807, 2.05) is 0 Å². The second-order valence-corrected chi connectivity index (χ2v) is 6.37. The third-order valence-corrected chi connectivity index (χ3v) is 4.34.